The van der Waals surface area contributed by atoms with E-state index >= 15 is 0 Å². The molecule has 0 heterocycles. The van der Waals surface area contributed by atoms with Gasteiger partial charge >= 0.3 is 5.97 Å². The number of hydrogen-bond donors (Lipinski definition) is 1. The second-order valence-corrected chi connectivity index (χ2v) is 4.00. The lowest BCUT2D eigenvalue weighted by Gasteiger charge is -2.13. The van der Waals surface area contributed by atoms with Crippen LogP contribution in [0.15, 0.2) is 16.6 Å². The normalized spacial score (nSPS) is 12.3. The van der Waals surface area contributed by atoms with Gasteiger partial charge < -0.3 is 10.5 Å². The first-order valence-electron chi connectivity index (χ1n) is 4.43. The van der Waals surface area contributed by atoms with Crippen molar-refractivity contribution in [3.05, 3.63) is 33.8 Å². The number of rotatable bonds is 3. The molecular weight excluding hydrogens is 284 g/mol. The standard InChI is InChI=1S/C10H10BrF2NO2/c1-16-8(15)4-7(14)9-6(12)3-2-5(11)10(9)13/h2-3,7H,4,14H2,1H3/t7-/m0/s1. The number of methoxy groups -OCH3 is 1. The summed E-state index contributed by atoms with van der Waals surface area (Å²) in [5, 5.41) is 0. The van der Waals surface area contributed by atoms with Crippen molar-refractivity contribution in [2.75, 3.05) is 7.11 Å². The molecule has 0 aromatic heterocycles. The van der Waals surface area contributed by atoms with Gasteiger partial charge in [0.05, 0.1) is 18.0 Å². The molecule has 1 rings (SSSR count). The predicted octanol–water partition coefficient (Wildman–Crippen LogP) is 2.29. The number of esters is 1. The fraction of sp³-hybridized carbons (Fsp3) is 0.300. The van der Waals surface area contributed by atoms with Gasteiger partial charge in [-0.05, 0) is 28.1 Å². The molecule has 1 aromatic carbocycles. The number of nitrogens with two attached hydrogens (primary N) is 1. The Morgan fingerprint density at radius 1 is 1.56 bits per heavy atom. The third kappa shape index (κ3) is 2.76. The molecule has 0 saturated heterocycles. The average Bonchev–Trinajstić information content (AvgIpc) is 2.24. The third-order valence-electron chi connectivity index (χ3n) is 2.06. The maximum absolute atomic E-state index is 13.5. The molecule has 2 N–H and O–H groups in total. The molecule has 0 radical (unpaired) electrons. The predicted molar refractivity (Wildman–Crippen MR) is 57.6 cm³/mol. The van der Waals surface area contributed by atoms with E-state index in [1.165, 1.54) is 13.2 Å². The molecular formula is C10H10BrF2NO2. The van der Waals surface area contributed by atoms with Crippen LogP contribution in [0.1, 0.15) is 18.0 Å². The van der Waals surface area contributed by atoms with Crippen LogP contribution in [0.4, 0.5) is 8.78 Å². The summed E-state index contributed by atoms with van der Waals surface area (Å²) in [5.41, 5.74) is 5.22. The Bertz CT molecular complexity index is 412. The summed E-state index contributed by atoms with van der Waals surface area (Å²) in [5.74, 6) is -2.19. The monoisotopic (exact) mass is 293 g/mol. The quantitative estimate of drug-likeness (QED) is 0.687. The fourth-order valence-electron chi connectivity index (χ4n) is 1.25. The lowest BCUT2D eigenvalue weighted by Crippen LogP contribution is -2.19. The van der Waals surface area contributed by atoms with Crippen LogP contribution in [0.25, 0.3) is 0 Å². The minimum atomic E-state index is -1.06. The Kier molecular flexibility index (Phi) is 4.37. The molecule has 0 aliphatic heterocycles. The minimum absolute atomic E-state index is 0.101. The van der Waals surface area contributed by atoms with Crippen LogP contribution in [-0.2, 0) is 9.53 Å². The van der Waals surface area contributed by atoms with Crippen LogP contribution < -0.4 is 5.73 Å². The number of hydrogen-bond acceptors (Lipinski definition) is 3. The first-order valence-corrected chi connectivity index (χ1v) is 5.22. The molecule has 0 unspecified atom stereocenters. The highest BCUT2D eigenvalue weighted by molar-refractivity contribution is 9.10. The molecule has 3 nitrogen and oxygen atoms in total. The van der Waals surface area contributed by atoms with Gasteiger partial charge in [-0.1, -0.05) is 0 Å². The van der Waals surface area contributed by atoms with E-state index in [0.717, 1.165) is 6.07 Å². The molecule has 0 amide bonds. The number of carbonyl (C=O) groups is 1. The topological polar surface area (TPSA) is 52.3 Å². The molecule has 1 atom stereocenters. The van der Waals surface area contributed by atoms with Crippen molar-refractivity contribution >= 4 is 21.9 Å². The summed E-state index contributed by atoms with van der Waals surface area (Å²) in [6.45, 7) is 0. The maximum atomic E-state index is 13.5. The molecule has 0 bridgehead atoms. The summed E-state index contributed by atoms with van der Waals surface area (Å²) < 4.78 is 31.4. The van der Waals surface area contributed by atoms with Gasteiger partial charge in [0.1, 0.15) is 11.6 Å². The van der Waals surface area contributed by atoms with E-state index in [9.17, 15) is 13.6 Å². The zero-order valence-corrected chi connectivity index (χ0v) is 10.1. The van der Waals surface area contributed by atoms with Gasteiger partial charge in [0.15, 0.2) is 0 Å². The molecule has 6 heteroatoms. The molecule has 88 valence electrons. The van der Waals surface area contributed by atoms with Crippen LogP contribution in [0.3, 0.4) is 0 Å². The highest BCUT2D eigenvalue weighted by Crippen LogP contribution is 2.27. The summed E-state index contributed by atoms with van der Waals surface area (Å²) in [7, 11) is 1.18. The number of ether oxygens (including phenoxy) is 1. The second-order valence-electron chi connectivity index (χ2n) is 3.14. The zero-order chi connectivity index (χ0) is 12.3. The van der Waals surface area contributed by atoms with E-state index in [4.69, 9.17) is 5.73 Å². The third-order valence-corrected chi connectivity index (χ3v) is 2.68. The number of carbonyl (C=O) groups excluding carboxylic acids is 1. The number of benzene rings is 1. The molecule has 0 fully saturated rings. The van der Waals surface area contributed by atoms with Crippen molar-refractivity contribution in [2.45, 2.75) is 12.5 Å². The van der Waals surface area contributed by atoms with Crippen LogP contribution in [0, 0.1) is 11.6 Å². The van der Waals surface area contributed by atoms with Crippen molar-refractivity contribution < 1.29 is 18.3 Å². The summed E-state index contributed by atoms with van der Waals surface area (Å²) in [6.07, 6.45) is -0.277. The lowest BCUT2D eigenvalue weighted by molar-refractivity contribution is -0.141. The summed E-state index contributed by atoms with van der Waals surface area (Å²) >= 11 is 2.92. The first kappa shape index (κ1) is 13.1. The largest absolute Gasteiger partial charge is 0.469 e. The van der Waals surface area contributed by atoms with Crippen LogP contribution >= 0.6 is 15.9 Å². The fourth-order valence-corrected chi connectivity index (χ4v) is 1.59. The minimum Gasteiger partial charge on any atom is -0.469 e. The Hall–Kier alpha value is -1.01. The molecule has 0 spiro atoms. The van der Waals surface area contributed by atoms with Crippen molar-refractivity contribution in [2.24, 2.45) is 5.73 Å². The van der Waals surface area contributed by atoms with E-state index in [1.807, 2.05) is 0 Å². The first-order chi connectivity index (χ1) is 7.47. The highest BCUT2D eigenvalue weighted by Gasteiger charge is 2.21. The van der Waals surface area contributed by atoms with E-state index < -0.39 is 23.6 Å². The zero-order valence-electron chi connectivity index (χ0n) is 8.47. The smallest absolute Gasteiger partial charge is 0.307 e. The summed E-state index contributed by atoms with van der Waals surface area (Å²) in [4.78, 5) is 10.9. The number of halogens is 3. The van der Waals surface area contributed by atoms with Crippen LogP contribution in [0.5, 0.6) is 0 Å². The Morgan fingerprint density at radius 3 is 2.75 bits per heavy atom. The van der Waals surface area contributed by atoms with Crippen LogP contribution in [0.2, 0.25) is 0 Å². The van der Waals surface area contributed by atoms with E-state index in [2.05, 4.69) is 20.7 Å². The van der Waals surface area contributed by atoms with Gasteiger partial charge in [0.25, 0.3) is 0 Å². The maximum Gasteiger partial charge on any atom is 0.307 e. The van der Waals surface area contributed by atoms with Gasteiger partial charge in [-0.3, -0.25) is 4.79 Å². The lowest BCUT2D eigenvalue weighted by atomic mass is 10.0. The van der Waals surface area contributed by atoms with Crippen molar-refractivity contribution in [3.8, 4) is 0 Å². The molecule has 16 heavy (non-hydrogen) atoms. The second kappa shape index (κ2) is 5.36. The van der Waals surface area contributed by atoms with Gasteiger partial charge in [-0.2, -0.15) is 0 Å². The van der Waals surface area contributed by atoms with Gasteiger partial charge in [-0.15, -0.1) is 0 Å². The Balaban J connectivity index is 3.03. The average molecular weight is 294 g/mol. The molecule has 0 saturated carbocycles. The van der Waals surface area contributed by atoms with Crippen molar-refractivity contribution in [1.29, 1.82) is 0 Å². The van der Waals surface area contributed by atoms with Crippen LogP contribution in [-0.4, -0.2) is 13.1 Å². The van der Waals surface area contributed by atoms with Gasteiger partial charge in [0.2, 0.25) is 0 Å². The molecule has 0 aliphatic carbocycles. The SMILES string of the molecule is COC(=O)C[C@H](N)c1c(F)ccc(Br)c1F. The van der Waals surface area contributed by atoms with E-state index in [0.29, 0.717) is 0 Å². The van der Waals surface area contributed by atoms with Gasteiger partial charge in [0, 0.05) is 11.6 Å². The highest BCUT2D eigenvalue weighted by atomic mass is 79.9. The van der Waals surface area contributed by atoms with Crippen molar-refractivity contribution in [3.63, 3.8) is 0 Å². The Morgan fingerprint density at radius 2 is 2.19 bits per heavy atom. The molecule has 0 aliphatic rings. The van der Waals surface area contributed by atoms with E-state index in [-0.39, 0.29) is 16.5 Å². The molecule has 1 aromatic rings. The van der Waals surface area contributed by atoms with Gasteiger partial charge in [-0.25, -0.2) is 8.78 Å². The Labute approximate surface area is 99.7 Å². The summed E-state index contributed by atoms with van der Waals surface area (Å²) in [6, 6.07) is 1.25. The van der Waals surface area contributed by atoms with Crippen molar-refractivity contribution in [1.82, 2.24) is 0 Å². The van der Waals surface area contributed by atoms with E-state index in [1.54, 1.807) is 0 Å².